The molecule has 2 aromatic rings. The van der Waals surface area contributed by atoms with Crippen LogP contribution in [0.15, 0.2) is 36.4 Å². The van der Waals surface area contributed by atoms with Gasteiger partial charge in [0.05, 0.1) is 6.61 Å². The number of amides is 2. The molecule has 0 unspecified atom stereocenters. The monoisotopic (exact) mass is 369 g/mol. The van der Waals surface area contributed by atoms with Crippen LogP contribution in [0.5, 0.6) is 0 Å². The van der Waals surface area contributed by atoms with Crippen molar-refractivity contribution < 1.29 is 14.3 Å². The fourth-order valence-corrected chi connectivity index (χ4v) is 3.61. The van der Waals surface area contributed by atoms with Crippen LogP contribution in [0, 0.1) is 5.92 Å². The zero-order valence-corrected chi connectivity index (χ0v) is 16.2. The Morgan fingerprint density at radius 1 is 1.22 bits per heavy atom. The predicted octanol–water partition coefficient (Wildman–Crippen LogP) is 2.13. The zero-order chi connectivity index (χ0) is 19.4. The Hall–Kier alpha value is -2.60. The summed E-state index contributed by atoms with van der Waals surface area (Å²) in [6, 6.07) is 11.8. The van der Waals surface area contributed by atoms with Crippen LogP contribution >= 0.6 is 0 Å². The largest absolute Gasteiger partial charge is 0.383 e. The first-order valence-corrected chi connectivity index (χ1v) is 9.25. The van der Waals surface area contributed by atoms with Gasteiger partial charge in [-0.1, -0.05) is 24.3 Å². The van der Waals surface area contributed by atoms with E-state index in [2.05, 4.69) is 5.32 Å². The second-order valence-electron chi connectivity index (χ2n) is 7.18. The van der Waals surface area contributed by atoms with E-state index in [0.717, 1.165) is 16.5 Å². The van der Waals surface area contributed by atoms with Crippen molar-refractivity contribution in [2.24, 2.45) is 5.92 Å². The van der Waals surface area contributed by atoms with Gasteiger partial charge in [-0.2, -0.15) is 0 Å². The first-order valence-electron chi connectivity index (χ1n) is 9.25. The molecule has 144 valence electrons. The van der Waals surface area contributed by atoms with Gasteiger partial charge in [0.1, 0.15) is 0 Å². The SMILES string of the molecule is COCCN1C[C@H](CNC(=O)c2ccc(N(C)C)c3ccccc23)CC1=O. The van der Waals surface area contributed by atoms with Crippen molar-refractivity contribution in [1.29, 1.82) is 0 Å². The molecule has 1 fully saturated rings. The van der Waals surface area contributed by atoms with Crippen molar-refractivity contribution in [3.05, 3.63) is 42.0 Å². The smallest absolute Gasteiger partial charge is 0.251 e. The number of hydrogen-bond acceptors (Lipinski definition) is 4. The van der Waals surface area contributed by atoms with Gasteiger partial charge in [-0.25, -0.2) is 0 Å². The van der Waals surface area contributed by atoms with Gasteiger partial charge in [0.25, 0.3) is 5.91 Å². The lowest BCUT2D eigenvalue weighted by atomic mass is 10.0. The normalized spacial score (nSPS) is 16.8. The standard InChI is InChI=1S/C21H27N3O3/c1-23(2)19-9-8-18(16-6-4-5-7-17(16)19)21(26)22-13-15-12-20(25)24(14-15)10-11-27-3/h4-9,15H,10-14H2,1-3H3,(H,22,26)/t15-/m0/s1. The predicted molar refractivity (Wildman–Crippen MR) is 107 cm³/mol. The molecular weight excluding hydrogens is 342 g/mol. The van der Waals surface area contributed by atoms with Crippen LogP contribution < -0.4 is 10.2 Å². The maximum Gasteiger partial charge on any atom is 0.251 e. The fraction of sp³-hybridized carbons (Fsp3) is 0.429. The molecule has 6 heteroatoms. The number of carbonyl (C=O) groups excluding carboxylic acids is 2. The molecule has 2 amide bonds. The van der Waals surface area contributed by atoms with Gasteiger partial charge in [-0.3, -0.25) is 9.59 Å². The van der Waals surface area contributed by atoms with E-state index in [1.54, 1.807) is 7.11 Å². The van der Waals surface area contributed by atoms with Crippen LogP contribution in [0.1, 0.15) is 16.8 Å². The molecule has 3 rings (SSSR count). The highest BCUT2D eigenvalue weighted by Crippen LogP contribution is 2.28. The Balaban J connectivity index is 1.69. The first-order chi connectivity index (χ1) is 13.0. The maximum atomic E-state index is 12.8. The van der Waals surface area contributed by atoms with Gasteiger partial charge in [0, 0.05) is 69.8 Å². The molecule has 27 heavy (non-hydrogen) atoms. The molecule has 1 heterocycles. The highest BCUT2D eigenvalue weighted by atomic mass is 16.5. The number of ether oxygens (including phenoxy) is 1. The molecule has 2 aromatic carbocycles. The minimum atomic E-state index is -0.0979. The summed E-state index contributed by atoms with van der Waals surface area (Å²) < 4.78 is 5.04. The summed E-state index contributed by atoms with van der Waals surface area (Å²) >= 11 is 0. The average molecular weight is 369 g/mol. The Morgan fingerprint density at radius 2 is 1.96 bits per heavy atom. The number of likely N-dealkylation sites (tertiary alicyclic amines) is 1. The van der Waals surface area contributed by atoms with Gasteiger partial charge in [0.15, 0.2) is 0 Å². The van der Waals surface area contributed by atoms with Crippen molar-refractivity contribution in [2.75, 3.05) is 52.3 Å². The molecule has 1 aliphatic heterocycles. The van der Waals surface area contributed by atoms with Crippen LogP contribution in [0.2, 0.25) is 0 Å². The number of carbonyl (C=O) groups is 2. The summed E-state index contributed by atoms with van der Waals surface area (Å²) in [5.41, 5.74) is 1.74. The number of benzene rings is 2. The molecular formula is C21H27N3O3. The number of hydrogen-bond donors (Lipinski definition) is 1. The first kappa shape index (κ1) is 19.2. The average Bonchev–Trinajstić information content (AvgIpc) is 3.03. The Kier molecular flexibility index (Phi) is 5.96. The van der Waals surface area contributed by atoms with E-state index in [9.17, 15) is 9.59 Å². The van der Waals surface area contributed by atoms with Crippen LogP contribution in [0.4, 0.5) is 5.69 Å². The summed E-state index contributed by atoms with van der Waals surface area (Å²) in [6.07, 6.45) is 0.476. The zero-order valence-electron chi connectivity index (χ0n) is 16.2. The van der Waals surface area contributed by atoms with E-state index in [-0.39, 0.29) is 17.7 Å². The van der Waals surface area contributed by atoms with Gasteiger partial charge in [0.2, 0.25) is 5.91 Å². The lowest BCUT2D eigenvalue weighted by molar-refractivity contribution is -0.128. The summed E-state index contributed by atoms with van der Waals surface area (Å²) in [5, 5.41) is 5.00. The van der Waals surface area contributed by atoms with Gasteiger partial charge in [-0.05, 0) is 17.5 Å². The Morgan fingerprint density at radius 3 is 2.67 bits per heavy atom. The molecule has 0 aromatic heterocycles. The number of fused-ring (bicyclic) bond motifs is 1. The van der Waals surface area contributed by atoms with Crippen LogP contribution in [-0.2, 0) is 9.53 Å². The van der Waals surface area contributed by atoms with E-state index in [0.29, 0.717) is 38.2 Å². The maximum absolute atomic E-state index is 12.8. The van der Waals surface area contributed by atoms with Crippen molar-refractivity contribution >= 4 is 28.3 Å². The van der Waals surface area contributed by atoms with E-state index in [4.69, 9.17) is 4.74 Å². The van der Waals surface area contributed by atoms with E-state index in [1.807, 2.05) is 60.3 Å². The summed E-state index contributed by atoms with van der Waals surface area (Å²) in [5.74, 6) is 0.178. The number of methoxy groups -OCH3 is 1. The molecule has 1 atom stereocenters. The highest BCUT2D eigenvalue weighted by Gasteiger charge is 2.29. The summed E-state index contributed by atoms with van der Waals surface area (Å²) in [4.78, 5) is 28.7. The van der Waals surface area contributed by atoms with Crippen molar-refractivity contribution in [3.8, 4) is 0 Å². The highest BCUT2D eigenvalue weighted by molar-refractivity contribution is 6.10. The molecule has 0 bridgehead atoms. The fourth-order valence-electron chi connectivity index (χ4n) is 3.61. The Bertz CT molecular complexity index is 835. The van der Waals surface area contributed by atoms with Crippen molar-refractivity contribution in [2.45, 2.75) is 6.42 Å². The molecule has 0 spiro atoms. The van der Waals surface area contributed by atoms with Crippen LogP contribution in [0.3, 0.4) is 0 Å². The van der Waals surface area contributed by atoms with E-state index in [1.165, 1.54) is 0 Å². The molecule has 1 saturated heterocycles. The quantitative estimate of drug-likeness (QED) is 0.812. The minimum Gasteiger partial charge on any atom is -0.383 e. The van der Waals surface area contributed by atoms with Crippen LogP contribution in [0.25, 0.3) is 10.8 Å². The number of anilines is 1. The lowest BCUT2D eigenvalue weighted by Crippen LogP contribution is -2.32. The topological polar surface area (TPSA) is 61.9 Å². The molecule has 0 radical (unpaired) electrons. The number of nitrogens with one attached hydrogen (secondary N) is 1. The molecule has 1 aliphatic rings. The Labute approximate surface area is 160 Å². The van der Waals surface area contributed by atoms with E-state index >= 15 is 0 Å². The van der Waals surface area contributed by atoms with Crippen molar-refractivity contribution in [3.63, 3.8) is 0 Å². The lowest BCUT2D eigenvalue weighted by Gasteiger charge is -2.18. The third-order valence-corrected chi connectivity index (χ3v) is 5.04. The molecule has 0 aliphatic carbocycles. The molecule has 0 saturated carbocycles. The van der Waals surface area contributed by atoms with Gasteiger partial charge >= 0.3 is 0 Å². The van der Waals surface area contributed by atoms with Gasteiger partial charge < -0.3 is 19.9 Å². The van der Waals surface area contributed by atoms with Crippen molar-refractivity contribution in [1.82, 2.24) is 10.2 Å². The third-order valence-electron chi connectivity index (χ3n) is 5.04. The molecule has 1 N–H and O–H groups in total. The summed E-state index contributed by atoms with van der Waals surface area (Å²) in [6.45, 7) is 2.31. The molecule has 6 nitrogen and oxygen atoms in total. The number of nitrogens with zero attached hydrogens (tertiary/aromatic N) is 2. The second kappa shape index (κ2) is 8.39. The number of rotatable bonds is 7. The van der Waals surface area contributed by atoms with Crippen LogP contribution in [-0.4, -0.2) is 64.2 Å². The van der Waals surface area contributed by atoms with Gasteiger partial charge in [-0.15, -0.1) is 0 Å². The third kappa shape index (κ3) is 4.22. The summed E-state index contributed by atoms with van der Waals surface area (Å²) in [7, 11) is 5.62. The second-order valence-corrected chi connectivity index (χ2v) is 7.18. The van der Waals surface area contributed by atoms with E-state index < -0.39 is 0 Å². The minimum absolute atomic E-state index is 0.0979.